The normalized spacial score (nSPS) is 30.4. The molecule has 0 spiro atoms. The first-order valence-corrected chi connectivity index (χ1v) is 7.47. The van der Waals surface area contributed by atoms with Gasteiger partial charge >= 0.3 is 0 Å². The zero-order chi connectivity index (χ0) is 11.4. The number of hydrogen-bond acceptors (Lipinski definition) is 2. The molecule has 1 saturated heterocycles. The van der Waals surface area contributed by atoms with E-state index in [0.29, 0.717) is 0 Å². The topological polar surface area (TPSA) is 20.2 Å². The van der Waals surface area contributed by atoms with Crippen LogP contribution in [0.1, 0.15) is 59.3 Å². The monoisotopic (exact) mass is 230 g/mol. The maximum absolute atomic E-state index is 10.7. The van der Waals surface area contributed by atoms with E-state index in [0.717, 1.165) is 18.6 Å². The van der Waals surface area contributed by atoms with Crippen LogP contribution in [-0.4, -0.2) is 22.2 Å². The Hall–Kier alpha value is 0.310. The molecule has 0 saturated carbocycles. The molecule has 1 nitrogen and oxygen atoms in total. The van der Waals surface area contributed by atoms with Crippen molar-refractivity contribution in [1.82, 2.24) is 0 Å². The van der Waals surface area contributed by atoms with Gasteiger partial charge < -0.3 is 5.11 Å². The number of thioether (sulfide) groups is 1. The molecule has 0 aromatic carbocycles. The molecule has 1 rings (SSSR count). The molecule has 1 unspecified atom stereocenters. The van der Waals surface area contributed by atoms with Gasteiger partial charge in [-0.3, -0.25) is 0 Å². The highest BCUT2D eigenvalue weighted by molar-refractivity contribution is 7.99. The third kappa shape index (κ3) is 3.39. The number of unbranched alkanes of at least 4 members (excludes halogenated alkanes) is 3. The largest absolute Gasteiger partial charge is 0.388 e. The Kier molecular flexibility index (Phi) is 4.98. The minimum Gasteiger partial charge on any atom is -0.388 e. The highest BCUT2D eigenvalue weighted by Gasteiger charge is 2.44. The van der Waals surface area contributed by atoms with Crippen molar-refractivity contribution >= 4 is 11.8 Å². The lowest BCUT2D eigenvalue weighted by Gasteiger charge is -2.46. The van der Waals surface area contributed by atoms with E-state index in [1.54, 1.807) is 0 Å². The second-order valence-corrected chi connectivity index (χ2v) is 6.63. The van der Waals surface area contributed by atoms with Crippen molar-refractivity contribution in [2.24, 2.45) is 5.41 Å². The quantitative estimate of drug-likeness (QED) is 0.724. The molecular formula is C13H26OS. The van der Waals surface area contributed by atoms with Crippen molar-refractivity contribution in [3.8, 4) is 0 Å². The minimum absolute atomic E-state index is 0.116. The van der Waals surface area contributed by atoms with Crippen LogP contribution in [0.2, 0.25) is 0 Å². The Morgan fingerprint density at radius 2 is 1.93 bits per heavy atom. The molecule has 90 valence electrons. The van der Waals surface area contributed by atoms with Crippen LogP contribution < -0.4 is 0 Å². The number of rotatable bonds is 5. The molecule has 1 heterocycles. The van der Waals surface area contributed by atoms with E-state index >= 15 is 0 Å². The first kappa shape index (κ1) is 13.4. The van der Waals surface area contributed by atoms with Crippen molar-refractivity contribution in [3.05, 3.63) is 0 Å². The Labute approximate surface area is 99.0 Å². The summed E-state index contributed by atoms with van der Waals surface area (Å²) in [7, 11) is 0. The fourth-order valence-corrected chi connectivity index (χ4v) is 3.92. The fraction of sp³-hybridized carbons (Fsp3) is 1.00. The number of hydrogen-bond donors (Lipinski definition) is 1. The van der Waals surface area contributed by atoms with Crippen LogP contribution in [0.5, 0.6) is 0 Å². The Morgan fingerprint density at radius 1 is 1.20 bits per heavy atom. The molecule has 1 aliphatic heterocycles. The Balaban J connectivity index is 2.41. The molecule has 1 fully saturated rings. The molecule has 0 aromatic rings. The second-order valence-electron chi connectivity index (χ2n) is 5.53. The molecule has 0 bridgehead atoms. The molecule has 0 aromatic heterocycles. The van der Waals surface area contributed by atoms with Crippen molar-refractivity contribution in [3.63, 3.8) is 0 Å². The lowest BCUT2D eigenvalue weighted by molar-refractivity contribution is -0.0599. The summed E-state index contributed by atoms with van der Waals surface area (Å²) in [5.41, 5.74) is -0.297. The standard InChI is InChI=1S/C13H26OS/c1-4-5-6-7-8-13(14)11-15-10-9-12(13,2)3/h14H,4-11H2,1-3H3. The van der Waals surface area contributed by atoms with Gasteiger partial charge in [0.1, 0.15) is 0 Å². The highest BCUT2D eigenvalue weighted by atomic mass is 32.2. The van der Waals surface area contributed by atoms with Crippen LogP contribution in [0.3, 0.4) is 0 Å². The van der Waals surface area contributed by atoms with Gasteiger partial charge in [0.25, 0.3) is 0 Å². The summed E-state index contributed by atoms with van der Waals surface area (Å²) in [5, 5.41) is 10.7. The molecule has 2 heteroatoms. The maximum atomic E-state index is 10.7. The average molecular weight is 230 g/mol. The molecule has 0 aliphatic carbocycles. The van der Waals surface area contributed by atoms with Crippen LogP contribution in [0.25, 0.3) is 0 Å². The first-order valence-electron chi connectivity index (χ1n) is 6.32. The SMILES string of the molecule is CCCCCCC1(O)CSCCC1(C)C. The highest BCUT2D eigenvalue weighted by Crippen LogP contribution is 2.44. The summed E-state index contributed by atoms with van der Waals surface area (Å²) in [6, 6.07) is 0. The Morgan fingerprint density at radius 3 is 2.53 bits per heavy atom. The molecule has 1 N–H and O–H groups in total. The minimum atomic E-state index is -0.413. The molecule has 0 amide bonds. The molecule has 1 atom stereocenters. The average Bonchev–Trinajstić information content (AvgIpc) is 2.18. The van der Waals surface area contributed by atoms with E-state index in [2.05, 4.69) is 20.8 Å². The maximum Gasteiger partial charge on any atom is 0.0788 e. The van der Waals surface area contributed by atoms with Gasteiger partial charge in [-0.25, -0.2) is 0 Å². The van der Waals surface area contributed by atoms with E-state index in [1.807, 2.05) is 11.8 Å². The molecule has 1 aliphatic rings. The summed E-state index contributed by atoms with van der Waals surface area (Å²) < 4.78 is 0. The zero-order valence-electron chi connectivity index (χ0n) is 10.5. The summed E-state index contributed by atoms with van der Waals surface area (Å²) in [6.07, 6.45) is 7.20. The zero-order valence-corrected chi connectivity index (χ0v) is 11.3. The van der Waals surface area contributed by atoms with Gasteiger partial charge in [0.2, 0.25) is 0 Å². The van der Waals surface area contributed by atoms with Crippen molar-refractivity contribution in [1.29, 1.82) is 0 Å². The lowest BCUT2D eigenvalue weighted by Crippen LogP contribution is -2.49. The van der Waals surface area contributed by atoms with Crippen LogP contribution in [0.15, 0.2) is 0 Å². The predicted octanol–water partition coefficient (Wildman–Crippen LogP) is 3.85. The second kappa shape index (κ2) is 5.58. The first-order chi connectivity index (χ1) is 7.02. The van der Waals surface area contributed by atoms with Crippen molar-refractivity contribution in [2.75, 3.05) is 11.5 Å². The summed E-state index contributed by atoms with van der Waals surface area (Å²) in [4.78, 5) is 0. The van der Waals surface area contributed by atoms with E-state index in [-0.39, 0.29) is 5.41 Å². The van der Waals surface area contributed by atoms with E-state index in [4.69, 9.17) is 0 Å². The van der Waals surface area contributed by atoms with Crippen LogP contribution in [0, 0.1) is 5.41 Å². The van der Waals surface area contributed by atoms with Gasteiger partial charge in [-0.1, -0.05) is 46.5 Å². The molecule has 15 heavy (non-hydrogen) atoms. The fourth-order valence-electron chi connectivity index (χ4n) is 2.25. The van der Waals surface area contributed by atoms with Gasteiger partial charge in [0.15, 0.2) is 0 Å². The van der Waals surface area contributed by atoms with Gasteiger partial charge in [0, 0.05) is 5.75 Å². The summed E-state index contributed by atoms with van der Waals surface area (Å²) in [5.74, 6) is 2.15. The van der Waals surface area contributed by atoms with Crippen molar-refractivity contribution < 1.29 is 5.11 Å². The van der Waals surface area contributed by atoms with Gasteiger partial charge in [-0.05, 0) is 24.0 Å². The van der Waals surface area contributed by atoms with Crippen molar-refractivity contribution in [2.45, 2.75) is 64.9 Å². The third-order valence-electron chi connectivity index (χ3n) is 3.92. The van der Waals surface area contributed by atoms with Gasteiger partial charge in [0.05, 0.1) is 5.60 Å². The smallest absolute Gasteiger partial charge is 0.0788 e. The summed E-state index contributed by atoms with van der Waals surface area (Å²) >= 11 is 1.92. The van der Waals surface area contributed by atoms with Crippen LogP contribution >= 0.6 is 11.8 Å². The van der Waals surface area contributed by atoms with Crippen LogP contribution in [0.4, 0.5) is 0 Å². The predicted molar refractivity (Wildman–Crippen MR) is 69.4 cm³/mol. The van der Waals surface area contributed by atoms with E-state index < -0.39 is 5.60 Å². The Bertz CT molecular complexity index is 191. The van der Waals surface area contributed by atoms with Crippen LogP contribution in [-0.2, 0) is 0 Å². The lowest BCUT2D eigenvalue weighted by atomic mass is 9.71. The van der Waals surface area contributed by atoms with Gasteiger partial charge in [-0.15, -0.1) is 0 Å². The molecular weight excluding hydrogens is 204 g/mol. The van der Waals surface area contributed by atoms with Gasteiger partial charge in [-0.2, -0.15) is 11.8 Å². The summed E-state index contributed by atoms with van der Waals surface area (Å²) in [6.45, 7) is 6.69. The number of aliphatic hydroxyl groups is 1. The molecule has 0 radical (unpaired) electrons. The van der Waals surface area contributed by atoms with E-state index in [1.165, 1.54) is 31.4 Å². The van der Waals surface area contributed by atoms with E-state index in [9.17, 15) is 5.11 Å². The third-order valence-corrected chi connectivity index (χ3v) is 5.09.